The molecular weight excluding hydrogens is 474 g/mol. The summed E-state index contributed by atoms with van der Waals surface area (Å²) in [6.45, 7) is 3.76. The second kappa shape index (κ2) is 10.8. The highest BCUT2D eigenvalue weighted by molar-refractivity contribution is 5.92. The van der Waals surface area contributed by atoms with Crippen molar-refractivity contribution in [3.05, 3.63) is 120 Å². The molecule has 2 amide bonds. The summed E-state index contributed by atoms with van der Waals surface area (Å²) in [4.78, 5) is 30.1. The van der Waals surface area contributed by atoms with Crippen molar-refractivity contribution in [1.29, 1.82) is 0 Å². The van der Waals surface area contributed by atoms with Crippen molar-refractivity contribution >= 4 is 33.7 Å². The lowest BCUT2D eigenvalue weighted by Crippen LogP contribution is -2.58. The Balaban J connectivity index is 1.36. The van der Waals surface area contributed by atoms with Gasteiger partial charge in [0.25, 0.3) is 0 Å². The zero-order valence-electron chi connectivity index (χ0n) is 21.5. The summed E-state index contributed by atoms with van der Waals surface area (Å²) >= 11 is 0. The van der Waals surface area contributed by atoms with Crippen LogP contribution >= 0.6 is 0 Å². The number of aromatic amines is 1. The van der Waals surface area contributed by atoms with Crippen molar-refractivity contribution in [3.63, 3.8) is 0 Å². The lowest BCUT2D eigenvalue weighted by atomic mass is 9.91. The van der Waals surface area contributed by atoms with Gasteiger partial charge in [-0.3, -0.25) is 4.79 Å². The largest absolute Gasteiger partial charge is 0.445 e. The molecule has 0 radical (unpaired) electrons. The van der Waals surface area contributed by atoms with Crippen LogP contribution in [0, 0.1) is 0 Å². The SMILES string of the molecule is C[C@@H](NC(=O)[C@@](C)(Cc1c[nH]c2ccccc12)NC(=O)OCc1cccc2ccccc12)c1ccccc1. The lowest BCUT2D eigenvalue weighted by molar-refractivity contribution is -0.127. The van der Waals surface area contributed by atoms with Crippen LogP contribution in [-0.4, -0.2) is 22.5 Å². The molecule has 0 bridgehead atoms. The van der Waals surface area contributed by atoms with Gasteiger partial charge < -0.3 is 20.4 Å². The number of rotatable bonds is 8. The lowest BCUT2D eigenvalue weighted by Gasteiger charge is -2.31. The van der Waals surface area contributed by atoms with Gasteiger partial charge in [0, 0.05) is 23.5 Å². The summed E-state index contributed by atoms with van der Waals surface area (Å²) in [5.41, 5.74) is 2.53. The first kappa shape index (κ1) is 25.1. The Morgan fingerprint density at radius 3 is 2.34 bits per heavy atom. The van der Waals surface area contributed by atoms with E-state index in [1.165, 1.54) is 0 Å². The third-order valence-electron chi connectivity index (χ3n) is 6.98. The fraction of sp³-hybridized carbons (Fsp3) is 0.188. The van der Waals surface area contributed by atoms with Gasteiger partial charge in [-0.05, 0) is 47.4 Å². The minimum absolute atomic E-state index is 0.0956. The van der Waals surface area contributed by atoms with Gasteiger partial charge in [-0.1, -0.05) is 91.0 Å². The van der Waals surface area contributed by atoms with E-state index in [2.05, 4.69) is 15.6 Å². The normalized spacial score (nSPS) is 13.5. The van der Waals surface area contributed by atoms with Gasteiger partial charge in [0.15, 0.2) is 0 Å². The number of nitrogens with one attached hydrogen (secondary N) is 3. The van der Waals surface area contributed by atoms with Crippen LogP contribution in [0.1, 0.15) is 36.6 Å². The van der Waals surface area contributed by atoms with Crippen LogP contribution in [0.2, 0.25) is 0 Å². The maximum Gasteiger partial charge on any atom is 0.408 e. The fourth-order valence-corrected chi connectivity index (χ4v) is 4.84. The van der Waals surface area contributed by atoms with Crippen molar-refractivity contribution in [2.75, 3.05) is 0 Å². The van der Waals surface area contributed by atoms with Crippen LogP contribution in [0.4, 0.5) is 4.79 Å². The highest BCUT2D eigenvalue weighted by atomic mass is 16.5. The predicted molar refractivity (Wildman–Crippen MR) is 151 cm³/mol. The maximum absolute atomic E-state index is 13.7. The average Bonchev–Trinajstić information content (AvgIpc) is 3.34. The molecule has 0 aliphatic rings. The van der Waals surface area contributed by atoms with Gasteiger partial charge in [-0.2, -0.15) is 0 Å². The van der Waals surface area contributed by atoms with Crippen molar-refractivity contribution in [2.45, 2.75) is 38.5 Å². The molecule has 0 saturated carbocycles. The first-order valence-electron chi connectivity index (χ1n) is 12.8. The summed E-state index contributed by atoms with van der Waals surface area (Å²) in [6.07, 6.45) is 1.52. The molecular formula is C32H31N3O3. The third kappa shape index (κ3) is 5.39. The van der Waals surface area contributed by atoms with Crippen molar-refractivity contribution in [3.8, 4) is 0 Å². The van der Waals surface area contributed by atoms with E-state index in [0.29, 0.717) is 0 Å². The molecule has 5 rings (SSSR count). The number of H-pyrrole nitrogens is 1. The van der Waals surface area contributed by atoms with Gasteiger partial charge in [-0.15, -0.1) is 0 Å². The highest BCUT2D eigenvalue weighted by Crippen LogP contribution is 2.25. The molecule has 0 unspecified atom stereocenters. The molecule has 5 aromatic rings. The monoisotopic (exact) mass is 505 g/mol. The Hall–Kier alpha value is -4.58. The zero-order valence-corrected chi connectivity index (χ0v) is 21.5. The van der Waals surface area contributed by atoms with Crippen molar-refractivity contribution < 1.29 is 14.3 Å². The Morgan fingerprint density at radius 1 is 0.842 bits per heavy atom. The Labute approximate surface area is 222 Å². The number of amides is 2. The molecule has 1 aromatic heterocycles. The molecule has 192 valence electrons. The Morgan fingerprint density at radius 2 is 1.53 bits per heavy atom. The summed E-state index contributed by atoms with van der Waals surface area (Å²) in [6, 6.07) is 31.3. The highest BCUT2D eigenvalue weighted by Gasteiger charge is 2.37. The summed E-state index contributed by atoms with van der Waals surface area (Å²) in [5, 5.41) is 9.08. The number of hydrogen-bond acceptors (Lipinski definition) is 3. The van der Waals surface area contributed by atoms with Crippen LogP contribution in [0.25, 0.3) is 21.7 Å². The van der Waals surface area contributed by atoms with E-state index in [1.54, 1.807) is 6.92 Å². The number of carbonyl (C=O) groups is 2. The molecule has 6 heteroatoms. The average molecular weight is 506 g/mol. The Kier molecular flexibility index (Phi) is 7.13. The number of benzene rings is 4. The standard InChI is InChI=1S/C32H31N3O3/c1-22(23-11-4-3-5-12-23)34-30(36)32(2,19-26-20-33-29-18-9-8-17-28(26)29)35-31(37)38-21-25-15-10-14-24-13-6-7-16-27(24)25/h3-18,20,22,33H,19,21H2,1-2H3,(H,34,36)(H,35,37)/t22-,32-/m1/s1. The topological polar surface area (TPSA) is 83.2 Å². The molecule has 3 N–H and O–H groups in total. The van der Waals surface area contributed by atoms with Gasteiger partial charge in [0.1, 0.15) is 12.1 Å². The summed E-state index contributed by atoms with van der Waals surface area (Å²) < 4.78 is 5.64. The molecule has 0 saturated heterocycles. The predicted octanol–water partition coefficient (Wildman–Crippen LogP) is 6.43. The quantitative estimate of drug-likeness (QED) is 0.227. The Bertz CT molecular complexity index is 1570. The molecule has 38 heavy (non-hydrogen) atoms. The van der Waals surface area contributed by atoms with Crippen LogP contribution in [0.3, 0.4) is 0 Å². The van der Waals surface area contributed by atoms with Gasteiger partial charge >= 0.3 is 6.09 Å². The van der Waals surface area contributed by atoms with E-state index in [9.17, 15) is 9.59 Å². The van der Waals surface area contributed by atoms with Crippen LogP contribution in [0.15, 0.2) is 103 Å². The first-order chi connectivity index (χ1) is 18.4. The number of aromatic nitrogens is 1. The molecule has 1 heterocycles. The maximum atomic E-state index is 13.7. The number of fused-ring (bicyclic) bond motifs is 2. The van der Waals surface area contributed by atoms with Crippen molar-refractivity contribution in [1.82, 2.24) is 15.6 Å². The molecule has 0 fully saturated rings. The molecule has 0 aliphatic carbocycles. The molecule has 0 aliphatic heterocycles. The molecule has 4 aromatic carbocycles. The summed E-state index contributed by atoms with van der Waals surface area (Å²) in [7, 11) is 0. The van der Waals surface area contributed by atoms with E-state index in [0.717, 1.165) is 38.4 Å². The number of ether oxygens (including phenoxy) is 1. The number of para-hydroxylation sites is 1. The van der Waals surface area contributed by atoms with E-state index in [-0.39, 0.29) is 25.0 Å². The van der Waals surface area contributed by atoms with Crippen LogP contribution < -0.4 is 10.6 Å². The third-order valence-corrected chi connectivity index (χ3v) is 6.98. The first-order valence-corrected chi connectivity index (χ1v) is 12.8. The second-order valence-corrected chi connectivity index (χ2v) is 9.81. The van der Waals surface area contributed by atoms with Crippen LogP contribution in [-0.2, 0) is 22.6 Å². The minimum Gasteiger partial charge on any atom is -0.445 e. The van der Waals surface area contributed by atoms with Gasteiger partial charge in [0.05, 0.1) is 6.04 Å². The van der Waals surface area contributed by atoms with E-state index >= 15 is 0 Å². The molecule has 2 atom stereocenters. The van der Waals surface area contributed by atoms with Crippen LogP contribution in [0.5, 0.6) is 0 Å². The van der Waals surface area contributed by atoms with E-state index in [1.807, 2.05) is 110 Å². The smallest absolute Gasteiger partial charge is 0.408 e. The number of alkyl carbamates (subject to hydrolysis) is 1. The molecule has 0 spiro atoms. The summed E-state index contributed by atoms with van der Waals surface area (Å²) in [5.74, 6) is -0.291. The molecule has 6 nitrogen and oxygen atoms in total. The van der Waals surface area contributed by atoms with E-state index in [4.69, 9.17) is 4.74 Å². The van der Waals surface area contributed by atoms with Gasteiger partial charge in [-0.25, -0.2) is 4.79 Å². The number of carbonyl (C=O) groups excluding carboxylic acids is 2. The zero-order chi connectivity index (χ0) is 26.5. The fourth-order valence-electron chi connectivity index (χ4n) is 4.84. The van der Waals surface area contributed by atoms with Crippen molar-refractivity contribution in [2.24, 2.45) is 0 Å². The second-order valence-electron chi connectivity index (χ2n) is 9.81. The number of hydrogen-bond donors (Lipinski definition) is 3. The van der Waals surface area contributed by atoms with E-state index < -0.39 is 11.6 Å². The van der Waals surface area contributed by atoms with Gasteiger partial charge in [0.2, 0.25) is 5.91 Å². The minimum atomic E-state index is -1.26.